The lowest BCUT2D eigenvalue weighted by atomic mass is 10.1. The van der Waals surface area contributed by atoms with Gasteiger partial charge in [0.05, 0.1) is 16.5 Å². The molecule has 1 fully saturated rings. The third-order valence-electron chi connectivity index (χ3n) is 4.85. The maximum atomic E-state index is 14.2. The van der Waals surface area contributed by atoms with Gasteiger partial charge in [0.1, 0.15) is 5.82 Å². The lowest BCUT2D eigenvalue weighted by molar-refractivity contribution is -0.126. The molecule has 0 radical (unpaired) electrons. The van der Waals surface area contributed by atoms with Crippen molar-refractivity contribution < 1.29 is 22.4 Å². The molecule has 0 aliphatic carbocycles. The van der Waals surface area contributed by atoms with Crippen molar-refractivity contribution in [1.82, 2.24) is 5.32 Å². The Bertz CT molecular complexity index is 1040. The van der Waals surface area contributed by atoms with E-state index in [4.69, 9.17) is 5.14 Å². The molecule has 0 aromatic heterocycles. The van der Waals surface area contributed by atoms with Crippen LogP contribution in [-0.2, 0) is 26.0 Å². The minimum absolute atomic E-state index is 0.0261. The molecule has 2 aromatic rings. The Morgan fingerprint density at radius 2 is 1.93 bits per heavy atom. The molecule has 3 N–H and O–H groups in total. The van der Waals surface area contributed by atoms with Gasteiger partial charge in [-0.05, 0) is 48.7 Å². The van der Waals surface area contributed by atoms with E-state index in [0.29, 0.717) is 13.0 Å². The second kappa shape index (κ2) is 8.30. The summed E-state index contributed by atoms with van der Waals surface area (Å²) in [6.07, 6.45) is 0.524. The molecule has 1 aliphatic heterocycles. The number of hydrogen-bond acceptors (Lipinski definition) is 4. The number of nitrogens with one attached hydrogen (secondary N) is 1. The number of amides is 2. The number of hydrogen-bond donors (Lipinski definition) is 2. The van der Waals surface area contributed by atoms with Crippen molar-refractivity contribution in [3.63, 3.8) is 0 Å². The molecule has 154 valence electrons. The van der Waals surface area contributed by atoms with Crippen LogP contribution in [0.25, 0.3) is 0 Å². The third-order valence-corrected chi connectivity index (χ3v) is 5.78. The smallest absolute Gasteiger partial charge is 0.238 e. The fourth-order valence-corrected chi connectivity index (χ4v) is 3.78. The monoisotopic (exact) mass is 419 g/mol. The molecule has 0 spiro atoms. The summed E-state index contributed by atoms with van der Waals surface area (Å²) < 4.78 is 36.7. The molecule has 1 unspecified atom stereocenters. The Balaban J connectivity index is 1.54. The fraction of sp³-hybridized carbons (Fsp3) is 0.300. The molecule has 0 bridgehead atoms. The summed E-state index contributed by atoms with van der Waals surface area (Å²) in [6, 6.07) is 10.7. The standard InChI is InChI=1S/C20H22FN3O4S/c1-13-2-7-18(17(21)10-13)24-12-15(11-19(24)25)20(26)23-9-8-14-3-5-16(6-4-14)29(22,27)28/h2-7,10,15H,8-9,11-12H2,1H3,(H,23,26)(H2,22,27,28). The van der Waals surface area contributed by atoms with E-state index in [1.165, 1.54) is 23.1 Å². The van der Waals surface area contributed by atoms with Crippen LogP contribution in [0.3, 0.4) is 0 Å². The topological polar surface area (TPSA) is 110 Å². The molecular formula is C20H22FN3O4S. The lowest BCUT2D eigenvalue weighted by Crippen LogP contribution is -2.34. The minimum Gasteiger partial charge on any atom is -0.355 e. The van der Waals surface area contributed by atoms with E-state index in [9.17, 15) is 22.4 Å². The van der Waals surface area contributed by atoms with Crippen LogP contribution in [0.15, 0.2) is 47.4 Å². The largest absolute Gasteiger partial charge is 0.355 e. The zero-order valence-corrected chi connectivity index (χ0v) is 16.7. The van der Waals surface area contributed by atoms with Gasteiger partial charge in [-0.3, -0.25) is 9.59 Å². The number of sulfonamides is 1. The number of benzene rings is 2. The van der Waals surface area contributed by atoms with E-state index in [2.05, 4.69) is 5.32 Å². The van der Waals surface area contributed by atoms with Gasteiger partial charge in [0.2, 0.25) is 21.8 Å². The number of rotatable bonds is 6. The van der Waals surface area contributed by atoms with Gasteiger partial charge < -0.3 is 10.2 Å². The van der Waals surface area contributed by atoms with Gasteiger partial charge in [-0.25, -0.2) is 17.9 Å². The van der Waals surface area contributed by atoms with Gasteiger partial charge in [-0.2, -0.15) is 0 Å². The van der Waals surface area contributed by atoms with Gasteiger partial charge in [0, 0.05) is 19.5 Å². The van der Waals surface area contributed by atoms with E-state index in [-0.39, 0.29) is 35.4 Å². The molecule has 0 saturated carbocycles. The first kappa shape index (κ1) is 20.9. The van der Waals surface area contributed by atoms with Crippen LogP contribution in [0.4, 0.5) is 10.1 Å². The second-order valence-electron chi connectivity index (χ2n) is 7.09. The Hall–Kier alpha value is -2.78. The molecule has 2 amide bonds. The van der Waals surface area contributed by atoms with Crippen molar-refractivity contribution in [3.05, 3.63) is 59.4 Å². The van der Waals surface area contributed by atoms with Crippen LogP contribution in [0.1, 0.15) is 17.5 Å². The van der Waals surface area contributed by atoms with E-state index in [0.717, 1.165) is 11.1 Å². The number of nitrogens with two attached hydrogens (primary N) is 1. The van der Waals surface area contributed by atoms with Crippen LogP contribution in [-0.4, -0.2) is 33.3 Å². The SMILES string of the molecule is Cc1ccc(N2CC(C(=O)NCCc3ccc(S(N)(=O)=O)cc3)CC2=O)c(F)c1. The average Bonchev–Trinajstić information content (AvgIpc) is 3.03. The first-order chi connectivity index (χ1) is 13.6. The first-order valence-corrected chi connectivity index (χ1v) is 10.7. The van der Waals surface area contributed by atoms with Gasteiger partial charge in [-0.1, -0.05) is 18.2 Å². The highest BCUT2D eigenvalue weighted by Gasteiger charge is 2.36. The summed E-state index contributed by atoms with van der Waals surface area (Å²) in [7, 11) is -3.74. The number of carbonyl (C=O) groups excluding carboxylic acids is 2. The van der Waals surface area contributed by atoms with Crippen molar-refractivity contribution in [3.8, 4) is 0 Å². The van der Waals surface area contributed by atoms with Crippen molar-refractivity contribution in [2.24, 2.45) is 11.1 Å². The predicted octanol–water partition coefficient (Wildman–Crippen LogP) is 1.49. The number of halogens is 1. The lowest BCUT2D eigenvalue weighted by Gasteiger charge is -2.17. The van der Waals surface area contributed by atoms with Crippen molar-refractivity contribution >= 4 is 27.5 Å². The van der Waals surface area contributed by atoms with Crippen molar-refractivity contribution in [1.29, 1.82) is 0 Å². The molecule has 2 aromatic carbocycles. The van der Waals surface area contributed by atoms with Crippen molar-refractivity contribution in [2.75, 3.05) is 18.0 Å². The van der Waals surface area contributed by atoms with E-state index < -0.39 is 21.8 Å². The maximum absolute atomic E-state index is 14.2. The Labute approximate surface area is 168 Å². The number of anilines is 1. The summed E-state index contributed by atoms with van der Waals surface area (Å²) in [4.78, 5) is 26.0. The second-order valence-corrected chi connectivity index (χ2v) is 8.65. The molecule has 3 rings (SSSR count). The van der Waals surface area contributed by atoms with Crippen LogP contribution >= 0.6 is 0 Å². The first-order valence-electron chi connectivity index (χ1n) is 9.11. The summed E-state index contributed by atoms with van der Waals surface area (Å²) in [5, 5.41) is 7.84. The van der Waals surface area contributed by atoms with Crippen LogP contribution in [0.5, 0.6) is 0 Å². The van der Waals surface area contributed by atoms with Gasteiger partial charge in [-0.15, -0.1) is 0 Å². The van der Waals surface area contributed by atoms with Crippen LogP contribution in [0, 0.1) is 18.7 Å². The molecule has 1 aliphatic rings. The molecule has 1 atom stereocenters. The van der Waals surface area contributed by atoms with Gasteiger partial charge in [0.15, 0.2) is 0 Å². The molecule has 1 saturated heterocycles. The molecule has 1 heterocycles. The number of aryl methyl sites for hydroxylation is 1. The minimum atomic E-state index is -3.74. The number of nitrogens with zero attached hydrogens (tertiary/aromatic N) is 1. The highest BCUT2D eigenvalue weighted by Crippen LogP contribution is 2.28. The van der Waals surface area contributed by atoms with Crippen molar-refractivity contribution in [2.45, 2.75) is 24.7 Å². The number of carbonyl (C=O) groups is 2. The maximum Gasteiger partial charge on any atom is 0.238 e. The summed E-state index contributed by atoms with van der Waals surface area (Å²) in [5.41, 5.74) is 1.78. The molecular weight excluding hydrogens is 397 g/mol. The summed E-state index contributed by atoms with van der Waals surface area (Å²) >= 11 is 0. The zero-order valence-electron chi connectivity index (χ0n) is 15.9. The quantitative estimate of drug-likeness (QED) is 0.739. The zero-order chi connectivity index (χ0) is 21.2. The Morgan fingerprint density at radius 3 is 2.55 bits per heavy atom. The molecule has 9 heteroatoms. The predicted molar refractivity (Wildman–Crippen MR) is 106 cm³/mol. The highest BCUT2D eigenvalue weighted by atomic mass is 32.2. The normalized spacial score (nSPS) is 16.9. The van der Waals surface area contributed by atoms with Gasteiger partial charge in [0.25, 0.3) is 0 Å². The molecule has 29 heavy (non-hydrogen) atoms. The highest BCUT2D eigenvalue weighted by molar-refractivity contribution is 7.89. The Kier molecular flexibility index (Phi) is 5.99. The average molecular weight is 419 g/mol. The van der Waals surface area contributed by atoms with Gasteiger partial charge >= 0.3 is 0 Å². The number of primary sulfonamides is 1. The third kappa shape index (κ3) is 4.99. The van der Waals surface area contributed by atoms with E-state index in [1.54, 1.807) is 31.2 Å². The van der Waals surface area contributed by atoms with Crippen LogP contribution in [0.2, 0.25) is 0 Å². The van der Waals surface area contributed by atoms with E-state index in [1.807, 2.05) is 0 Å². The summed E-state index contributed by atoms with van der Waals surface area (Å²) in [6.45, 7) is 2.22. The summed E-state index contributed by atoms with van der Waals surface area (Å²) in [5.74, 6) is -1.59. The Morgan fingerprint density at radius 1 is 1.24 bits per heavy atom. The van der Waals surface area contributed by atoms with Crippen LogP contribution < -0.4 is 15.4 Å². The molecule has 7 nitrogen and oxygen atoms in total. The fourth-order valence-electron chi connectivity index (χ4n) is 3.27. The van der Waals surface area contributed by atoms with E-state index >= 15 is 0 Å².